The van der Waals surface area contributed by atoms with Gasteiger partial charge in [0, 0.05) is 99.4 Å². The fraction of sp³-hybridized carbons (Fsp3) is 0.444. The molecule has 0 fully saturated rings. The minimum Gasteiger partial charge on any atom is -0.359 e. The summed E-state index contributed by atoms with van der Waals surface area (Å²) in [6.45, 7) is 20.3. The molecule has 358 valence electrons. The van der Waals surface area contributed by atoms with Crippen LogP contribution in [0.1, 0.15) is 83.3 Å². The Labute approximate surface area is 404 Å². The van der Waals surface area contributed by atoms with Crippen molar-refractivity contribution < 1.29 is 13.0 Å². The minimum absolute atomic E-state index is 0.0593. The maximum atomic E-state index is 13.7. The molecule has 5 aromatic carbocycles. The molecule has 1 N–H and O–H groups in total. The Balaban J connectivity index is 1.16. The van der Waals surface area contributed by atoms with Crippen LogP contribution in [0.3, 0.4) is 0 Å². The summed E-state index contributed by atoms with van der Waals surface area (Å²) in [6.07, 6.45) is 0. The van der Waals surface area contributed by atoms with Crippen molar-refractivity contribution in [1.29, 1.82) is 0 Å². The molecular weight excluding hydrogens is 869 g/mol. The highest BCUT2D eigenvalue weighted by Crippen LogP contribution is 2.52. The Kier molecular flexibility index (Phi) is 11.2. The summed E-state index contributed by atoms with van der Waals surface area (Å²) in [5, 5.41) is 0. The molecule has 6 aliphatic rings. The fourth-order valence-electron chi connectivity index (χ4n) is 12.8. The number of benzene rings is 5. The molecular formula is C54H68N10O3S. The Morgan fingerprint density at radius 1 is 0.441 bits per heavy atom. The molecule has 13 nitrogen and oxygen atoms in total. The van der Waals surface area contributed by atoms with E-state index in [-0.39, 0.29) is 4.90 Å². The van der Waals surface area contributed by atoms with E-state index < -0.39 is 15.5 Å². The third-order valence-corrected chi connectivity index (χ3v) is 16.7. The monoisotopic (exact) mass is 937 g/mol. The van der Waals surface area contributed by atoms with E-state index in [1.165, 1.54) is 56.0 Å². The summed E-state index contributed by atoms with van der Waals surface area (Å²) in [5.74, 6) is 0. The molecule has 0 unspecified atom stereocenters. The number of rotatable bonds is 9. The van der Waals surface area contributed by atoms with Crippen LogP contribution in [0.15, 0.2) is 83.8 Å². The minimum atomic E-state index is -4.58. The van der Waals surface area contributed by atoms with Crippen LogP contribution in [0.2, 0.25) is 0 Å². The Morgan fingerprint density at radius 3 is 1.22 bits per heavy atom. The lowest BCUT2D eigenvalue weighted by molar-refractivity contribution is 0.306. The van der Waals surface area contributed by atoms with Gasteiger partial charge in [0.2, 0.25) is 0 Å². The predicted octanol–water partition coefficient (Wildman–Crippen LogP) is 7.53. The molecule has 14 heteroatoms. The highest BCUT2D eigenvalue weighted by molar-refractivity contribution is 7.86. The van der Waals surface area contributed by atoms with Crippen LogP contribution in [0, 0.1) is 0 Å². The molecule has 0 saturated heterocycles. The van der Waals surface area contributed by atoms with E-state index in [9.17, 15) is 13.0 Å². The van der Waals surface area contributed by atoms with Crippen LogP contribution in [0.25, 0.3) is 0 Å². The van der Waals surface area contributed by atoms with E-state index >= 15 is 0 Å². The van der Waals surface area contributed by atoms with Gasteiger partial charge >= 0.3 is 0 Å². The lowest BCUT2D eigenvalue weighted by Gasteiger charge is -2.47. The number of hydrogen-bond donors (Lipinski definition) is 1. The van der Waals surface area contributed by atoms with Crippen molar-refractivity contribution in [1.82, 2.24) is 19.6 Å². The number of anilines is 6. The van der Waals surface area contributed by atoms with Crippen LogP contribution in [-0.4, -0.2) is 120 Å². The number of hydrogen-bond acceptors (Lipinski definition) is 12. The molecule has 6 heterocycles. The van der Waals surface area contributed by atoms with E-state index in [1.807, 2.05) is 7.05 Å². The molecule has 0 aliphatic carbocycles. The van der Waals surface area contributed by atoms with Gasteiger partial charge in [-0.15, -0.1) is 0 Å². The zero-order valence-electron chi connectivity index (χ0n) is 41.3. The average molecular weight is 937 g/mol. The molecule has 11 rings (SSSR count). The third kappa shape index (κ3) is 7.24. The Bertz CT molecular complexity index is 2760. The Morgan fingerprint density at radius 2 is 0.809 bits per heavy atom. The van der Waals surface area contributed by atoms with Crippen molar-refractivity contribution in [2.24, 2.45) is 0 Å². The first kappa shape index (κ1) is 45.1. The van der Waals surface area contributed by atoms with Crippen LogP contribution < -0.4 is 29.4 Å². The fourth-order valence-corrected chi connectivity index (χ4v) is 13.8. The highest BCUT2D eigenvalue weighted by atomic mass is 32.2. The highest BCUT2D eigenvalue weighted by Gasteiger charge is 2.44. The van der Waals surface area contributed by atoms with E-state index in [4.69, 9.17) is 0 Å². The third-order valence-electron chi connectivity index (χ3n) is 15.7. The topological polar surface area (TPSA) is 86.8 Å². The number of fused-ring (bicyclic) bond motifs is 10. The van der Waals surface area contributed by atoms with Gasteiger partial charge in [0.1, 0.15) is 4.90 Å². The van der Waals surface area contributed by atoms with Crippen LogP contribution in [0.5, 0.6) is 0 Å². The lowest BCUT2D eigenvalue weighted by atomic mass is 9.63. The summed E-state index contributed by atoms with van der Waals surface area (Å²) < 4.78 is 38.5. The molecule has 0 aromatic heterocycles. The Hall–Kier alpha value is -5.35. The summed E-state index contributed by atoms with van der Waals surface area (Å²) in [5.41, 5.74) is 17.4. The van der Waals surface area contributed by atoms with Gasteiger partial charge in [0.15, 0.2) is 0 Å². The van der Waals surface area contributed by atoms with Crippen molar-refractivity contribution in [3.05, 3.63) is 134 Å². The number of nitrogens with zero attached hydrogens (tertiary/aromatic N) is 10. The second-order valence-electron chi connectivity index (χ2n) is 20.4. The SMILES string of the molecule is CCN1CN(C)Cc2cc(C(c3ccc4c(c3)CN(C)CN4CC)(c3ccc4c(c3)CN(C)CN4CC)c3ccc4c(c3)CN3CN4Cc4cc5c(c(S(=O)(=O)O)c43)CN(C)CN5CC)ccc21. The normalized spacial score (nSPS) is 18.8. The van der Waals surface area contributed by atoms with Gasteiger partial charge in [0.25, 0.3) is 10.1 Å². The van der Waals surface area contributed by atoms with E-state index in [1.54, 1.807) is 0 Å². The summed E-state index contributed by atoms with van der Waals surface area (Å²) in [6, 6.07) is 31.1. The largest absolute Gasteiger partial charge is 0.359 e. The van der Waals surface area contributed by atoms with E-state index in [0.29, 0.717) is 44.2 Å². The predicted molar refractivity (Wildman–Crippen MR) is 276 cm³/mol. The van der Waals surface area contributed by atoms with Gasteiger partial charge in [-0.3, -0.25) is 24.2 Å². The maximum absolute atomic E-state index is 13.7. The first-order chi connectivity index (χ1) is 32.7. The molecule has 68 heavy (non-hydrogen) atoms. The van der Waals surface area contributed by atoms with Gasteiger partial charge in [-0.2, -0.15) is 8.42 Å². The van der Waals surface area contributed by atoms with Crippen LogP contribution in [0.4, 0.5) is 34.1 Å². The van der Waals surface area contributed by atoms with Crippen molar-refractivity contribution >= 4 is 44.2 Å². The van der Waals surface area contributed by atoms with Gasteiger partial charge in [-0.25, -0.2) is 0 Å². The lowest BCUT2D eigenvalue weighted by Crippen LogP contribution is -2.48. The maximum Gasteiger partial charge on any atom is 0.297 e. The van der Waals surface area contributed by atoms with Crippen molar-refractivity contribution in [3.63, 3.8) is 0 Å². The smallest absolute Gasteiger partial charge is 0.297 e. The molecule has 0 radical (unpaired) electrons. The standard InChI is InChI=1S/C54H68N10O3S/c1-9-59-32-55(5)26-37-21-42(13-17-47(37)59)54(43-14-18-48-38(22-43)27-56(6)33-60(48)10-2,44-15-19-49-39(23-44)28-57(7)34-61(49)11-3)45-16-20-50-40(24-45)29-64-36-63(50)30-41-25-51-46(31-58(8)35-62(51)12-4)53(52(41)64)68(65,66)67/h13-25H,9-12,26-36H2,1-8H3,(H,65,66,67). The zero-order valence-corrected chi connectivity index (χ0v) is 42.1. The van der Waals surface area contributed by atoms with Gasteiger partial charge in [-0.05, 0) is 136 Å². The molecule has 0 spiro atoms. The second-order valence-corrected chi connectivity index (χ2v) is 21.8. The van der Waals surface area contributed by atoms with Gasteiger partial charge < -0.3 is 29.4 Å². The quantitative estimate of drug-likeness (QED) is 0.117. The molecule has 0 atom stereocenters. The molecule has 0 amide bonds. The van der Waals surface area contributed by atoms with Crippen molar-refractivity contribution in [2.45, 2.75) is 77.3 Å². The van der Waals surface area contributed by atoms with Crippen molar-refractivity contribution in [3.8, 4) is 0 Å². The van der Waals surface area contributed by atoms with Gasteiger partial charge in [0.05, 0.1) is 44.4 Å². The van der Waals surface area contributed by atoms with Crippen molar-refractivity contribution in [2.75, 3.05) is 117 Å². The first-order valence-electron chi connectivity index (χ1n) is 24.7. The van der Waals surface area contributed by atoms with Gasteiger partial charge in [-0.1, -0.05) is 48.5 Å². The zero-order chi connectivity index (χ0) is 47.4. The molecule has 0 saturated carbocycles. The van der Waals surface area contributed by atoms with E-state index in [2.05, 4.69) is 177 Å². The second kappa shape index (κ2) is 17.0. The summed E-state index contributed by atoms with van der Waals surface area (Å²) >= 11 is 0. The van der Waals surface area contributed by atoms with Crippen LogP contribution in [-0.2, 0) is 54.8 Å². The van der Waals surface area contributed by atoms with Crippen LogP contribution >= 0.6 is 0 Å². The van der Waals surface area contributed by atoms with E-state index in [0.717, 1.165) is 88.3 Å². The molecule has 5 aromatic rings. The average Bonchev–Trinajstić information content (AvgIpc) is 3.31. The summed E-state index contributed by atoms with van der Waals surface area (Å²) in [7, 11) is 4.08. The summed E-state index contributed by atoms with van der Waals surface area (Å²) in [4.78, 5) is 23.6. The first-order valence-corrected chi connectivity index (χ1v) is 26.1. The molecule has 2 bridgehead atoms. The molecule has 6 aliphatic heterocycles.